The summed E-state index contributed by atoms with van der Waals surface area (Å²) in [5.41, 5.74) is 1.96. The third-order valence-corrected chi connectivity index (χ3v) is 6.23. The number of thioether (sulfide) groups is 1. The van der Waals surface area contributed by atoms with Crippen LogP contribution in [0.2, 0.25) is 0 Å². The molecule has 1 amide bonds. The molecule has 1 atom stereocenters. The fourth-order valence-electron chi connectivity index (χ4n) is 3.69. The van der Waals surface area contributed by atoms with Crippen molar-refractivity contribution in [1.29, 1.82) is 0 Å². The first-order chi connectivity index (χ1) is 14.5. The summed E-state index contributed by atoms with van der Waals surface area (Å²) in [4.78, 5) is 30.2. The number of amides is 1. The molecule has 0 spiro atoms. The van der Waals surface area contributed by atoms with Crippen molar-refractivity contribution in [2.24, 2.45) is 0 Å². The molecule has 1 aliphatic rings. The Morgan fingerprint density at radius 1 is 1.23 bits per heavy atom. The number of nitro benzene ring substituents is 1. The van der Waals surface area contributed by atoms with Gasteiger partial charge in [0, 0.05) is 25.2 Å². The van der Waals surface area contributed by atoms with Crippen LogP contribution >= 0.6 is 11.8 Å². The van der Waals surface area contributed by atoms with Crippen LogP contribution in [0, 0.1) is 10.1 Å². The monoisotopic (exact) mass is 426 g/mol. The van der Waals surface area contributed by atoms with Gasteiger partial charge in [-0.25, -0.2) is 4.98 Å². The third-order valence-electron chi connectivity index (χ3n) is 5.19. The van der Waals surface area contributed by atoms with Gasteiger partial charge in [-0.15, -0.1) is 0 Å². The molecule has 9 heteroatoms. The number of rotatable bonds is 6. The molecule has 0 aliphatic carbocycles. The first-order valence-corrected chi connectivity index (χ1v) is 10.6. The highest BCUT2D eigenvalue weighted by atomic mass is 32.2. The minimum Gasteiger partial charge on any atom is -0.495 e. The molecule has 1 aromatic heterocycles. The van der Waals surface area contributed by atoms with Crippen LogP contribution in [0.3, 0.4) is 0 Å². The van der Waals surface area contributed by atoms with Crippen molar-refractivity contribution in [3.05, 3.63) is 52.6 Å². The van der Waals surface area contributed by atoms with Gasteiger partial charge in [-0.3, -0.25) is 19.5 Å². The first kappa shape index (κ1) is 20.2. The molecule has 156 valence electrons. The van der Waals surface area contributed by atoms with Crippen LogP contribution in [-0.2, 0) is 4.79 Å². The predicted molar refractivity (Wildman–Crippen MR) is 115 cm³/mol. The van der Waals surface area contributed by atoms with Crippen LogP contribution in [-0.4, -0.2) is 50.7 Å². The number of para-hydroxylation sites is 2. The number of hydrogen-bond acceptors (Lipinski definition) is 6. The van der Waals surface area contributed by atoms with E-state index in [9.17, 15) is 14.9 Å². The molecule has 3 aromatic rings. The molecule has 2 aromatic carbocycles. The Morgan fingerprint density at radius 3 is 2.67 bits per heavy atom. The highest BCUT2D eigenvalue weighted by Crippen LogP contribution is 2.35. The molecule has 0 saturated carbocycles. The summed E-state index contributed by atoms with van der Waals surface area (Å²) in [6.45, 7) is 3.46. The number of ether oxygens (including phenoxy) is 1. The van der Waals surface area contributed by atoms with Gasteiger partial charge >= 0.3 is 0 Å². The quantitative estimate of drug-likeness (QED) is 0.336. The van der Waals surface area contributed by atoms with Crippen molar-refractivity contribution >= 4 is 34.4 Å². The van der Waals surface area contributed by atoms with Crippen molar-refractivity contribution in [3.63, 3.8) is 0 Å². The Labute approximate surface area is 178 Å². The lowest BCUT2D eigenvalue weighted by Crippen LogP contribution is -2.34. The van der Waals surface area contributed by atoms with Crippen molar-refractivity contribution in [1.82, 2.24) is 14.5 Å². The van der Waals surface area contributed by atoms with Gasteiger partial charge in [-0.05, 0) is 38.0 Å². The van der Waals surface area contributed by atoms with E-state index < -0.39 is 4.92 Å². The molecule has 1 fully saturated rings. The molecule has 8 nitrogen and oxygen atoms in total. The number of hydrogen-bond donors (Lipinski definition) is 0. The third kappa shape index (κ3) is 3.72. The second-order valence-electron chi connectivity index (χ2n) is 7.12. The maximum absolute atomic E-state index is 12.8. The van der Waals surface area contributed by atoms with Crippen molar-refractivity contribution in [3.8, 4) is 11.4 Å². The lowest BCUT2D eigenvalue weighted by Gasteiger charge is -2.20. The van der Waals surface area contributed by atoms with E-state index >= 15 is 0 Å². The molecular weight excluding hydrogens is 404 g/mol. The Kier molecular flexibility index (Phi) is 5.63. The Morgan fingerprint density at radius 2 is 1.97 bits per heavy atom. The largest absolute Gasteiger partial charge is 0.495 e. The van der Waals surface area contributed by atoms with E-state index in [2.05, 4.69) is 4.98 Å². The van der Waals surface area contributed by atoms with Crippen LogP contribution in [0.1, 0.15) is 19.8 Å². The average Bonchev–Trinajstić information content (AvgIpc) is 3.40. The van der Waals surface area contributed by atoms with Crippen LogP contribution in [0.5, 0.6) is 5.75 Å². The lowest BCUT2D eigenvalue weighted by molar-refractivity contribution is -0.384. The number of non-ortho nitro benzene ring substituents is 1. The van der Waals surface area contributed by atoms with Crippen molar-refractivity contribution in [2.75, 3.05) is 20.2 Å². The van der Waals surface area contributed by atoms with Crippen LogP contribution in [0.25, 0.3) is 16.7 Å². The Bertz CT molecular complexity index is 1110. The van der Waals surface area contributed by atoms with Crippen molar-refractivity contribution in [2.45, 2.75) is 30.2 Å². The van der Waals surface area contributed by atoms with E-state index in [0.29, 0.717) is 21.9 Å². The molecule has 0 unspecified atom stereocenters. The minimum absolute atomic E-state index is 0.0232. The molecule has 30 heavy (non-hydrogen) atoms. The normalized spacial score (nSPS) is 14.8. The van der Waals surface area contributed by atoms with E-state index in [1.165, 1.54) is 23.9 Å². The van der Waals surface area contributed by atoms with E-state index in [0.717, 1.165) is 31.6 Å². The Hall–Kier alpha value is -3.07. The lowest BCUT2D eigenvalue weighted by atomic mass is 10.2. The highest BCUT2D eigenvalue weighted by molar-refractivity contribution is 8.00. The molecule has 2 heterocycles. The summed E-state index contributed by atoms with van der Waals surface area (Å²) in [6, 6.07) is 12.1. The van der Waals surface area contributed by atoms with E-state index in [1.807, 2.05) is 40.7 Å². The Balaban J connectivity index is 1.80. The molecule has 0 N–H and O–H groups in total. The molecule has 1 saturated heterocycles. The fraction of sp³-hybridized carbons (Fsp3) is 0.333. The maximum atomic E-state index is 12.8. The number of nitrogens with zero attached hydrogens (tertiary/aromatic N) is 4. The van der Waals surface area contributed by atoms with Gasteiger partial charge in [0.05, 0.1) is 34.0 Å². The highest BCUT2D eigenvalue weighted by Gasteiger charge is 2.27. The number of benzene rings is 2. The molecular formula is C21H22N4O4S. The minimum atomic E-state index is -0.437. The summed E-state index contributed by atoms with van der Waals surface area (Å²) in [5, 5.41) is 11.5. The van der Waals surface area contributed by atoms with Gasteiger partial charge in [-0.2, -0.15) is 0 Å². The number of methoxy groups -OCH3 is 1. The van der Waals surface area contributed by atoms with Gasteiger partial charge in [0.25, 0.3) is 5.69 Å². The standard InChI is InChI=1S/C21H22N4O4S/c1-14(20(26)23-11-5-6-12-23)30-21-22-16-13-15(25(27)28)9-10-17(16)24(21)18-7-3-4-8-19(18)29-2/h3-4,7-10,13-14H,5-6,11-12H2,1-2H3/t14-/m1/s1. The summed E-state index contributed by atoms with van der Waals surface area (Å²) in [5.74, 6) is 0.734. The number of aromatic nitrogens is 2. The van der Waals surface area contributed by atoms with Gasteiger partial charge in [0.15, 0.2) is 5.16 Å². The summed E-state index contributed by atoms with van der Waals surface area (Å²) < 4.78 is 7.43. The average molecular weight is 426 g/mol. The van der Waals surface area contributed by atoms with Crippen LogP contribution in [0.4, 0.5) is 5.69 Å². The zero-order chi connectivity index (χ0) is 21.3. The SMILES string of the molecule is COc1ccccc1-n1c(S[C@H](C)C(=O)N2CCCC2)nc2cc([N+](=O)[O-])ccc21. The first-order valence-electron chi connectivity index (χ1n) is 9.75. The van der Waals surface area contributed by atoms with E-state index in [-0.39, 0.29) is 16.8 Å². The molecule has 4 rings (SSSR count). The van der Waals surface area contributed by atoms with Gasteiger partial charge < -0.3 is 9.64 Å². The maximum Gasteiger partial charge on any atom is 0.271 e. The van der Waals surface area contributed by atoms with E-state index in [4.69, 9.17) is 4.74 Å². The van der Waals surface area contributed by atoms with Gasteiger partial charge in [0.2, 0.25) is 5.91 Å². The zero-order valence-electron chi connectivity index (χ0n) is 16.8. The van der Waals surface area contributed by atoms with Crippen LogP contribution < -0.4 is 4.74 Å². The number of nitro groups is 1. The number of fused-ring (bicyclic) bond motifs is 1. The second-order valence-corrected chi connectivity index (χ2v) is 8.43. The van der Waals surface area contributed by atoms with Gasteiger partial charge in [-0.1, -0.05) is 23.9 Å². The number of carbonyl (C=O) groups is 1. The topological polar surface area (TPSA) is 90.5 Å². The summed E-state index contributed by atoms with van der Waals surface area (Å²) in [6.07, 6.45) is 2.07. The fourth-order valence-corrected chi connectivity index (χ4v) is 4.71. The van der Waals surface area contributed by atoms with Crippen LogP contribution in [0.15, 0.2) is 47.6 Å². The zero-order valence-corrected chi connectivity index (χ0v) is 17.6. The number of imidazole rings is 1. The predicted octanol–water partition coefficient (Wildman–Crippen LogP) is 4.05. The van der Waals surface area contributed by atoms with Gasteiger partial charge in [0.1, 0.15) is 5.75 Å². The second kappa shape index (κ2) is 8.35. The van der Waals surface area contributed by atoms with Crippen molar-refractivity contribution < 1.29 is 14.5 Å². The molecule has 1 aliphatic heterocycles. The molecule has 0 radical (unpaired) electrons. The summed E-state index contributed by atoms with van der Waals surface area (Å²) in [7, 11) is 1.59. The summed E-state index contributed by atoms with van der Waals surface area (Å²) >= 11 is 1.35. The molecule has 0 bridgehead atoms. The smallest absolute Gasteiger partial charge is 0.271 e. The number of likely N-dealkylation sites (tertiary alicyclic amines) is 1. The van der Waals surface area contributed by atoms with E-state index in [1.54, 1.807) is 13.2 Å². The number of carbonyl (C=O) groups excluding carboxylic acids is 1.